The van der Waals surface area contributed by atoms with Gasteiger partial charge < -0.3 is 14.8 Å². The average Bonchev–Trinajstić information content (AvgIpc) is 3.10. The molecule has 1 atom stereocenters. The van der Waals surface area contributed by atoms with E-state index in [1.807, 2.05) is 17.5 Å². The molecule has 0 bridgehead atoms. The van der Waals surface area contributed by atoms with E-state index in [0.29, 0.717) is 0 Å². The summed E-state index contributed by atoms with van der Waals surface area (Å²) in [6.45, 7) is 0.0438. The minimum absolute atomic E-state index is 0.0438. The first-order valence-electron chi connectivity index (χ1n) is 7.37. The van der Waals surface area contributed by atoms with E-state index in [9.17, 15) is 14.0 Å². The van der Waals surface area contributed by atoms with Crippen molar-refractivity contribution < 1.29 is 23.5 Å². The van der Waals surface area contributed by atoms with Gasteiger partial charge in [0.1, 0.15) is 0 Å². The molecule has 0 aliphatic heterocycles. The maximum Gasteiger partial charge on any atom is 0.307 e. The standard InChI is InChI=1S/C17H18FNO4S/c1-22-17(21)11-13(15-7-4-10-24-15)19-16(20)8-9-23-14-6-3-2-5-12(14)18/h2-7,10,13H,8-9,11H2,1H3,(H,19,20). The predicted molar refractivity (Wildman–Crippen MR) is 88.3 cm³/mol. The van der Waals surface area contributed by atoms with E-state index in [1.165, 1.54) is 30.6 Å². The van der Waals surface area contributed by atoms with E-state index in [0.717, 1.165) is 4.88 Å². The van der Waals surface area contributed by atoms with Crippen molar-refractivity contribution in [3.05, 3.63) is 52.5 Å². The number of methoxy groups -OCH3 is 1. The van der Waals surface area contributed by atoms with Crippen molar-refractivity contribution in [3.63, 3.8) is 0 Å². The number of nitrogens with one attached hydrogen (secondary N) is 1. The van der Waals surface area contributed by atoms with Crippen molar-refractivity contribution in [3.8, 4) is 5.75 Å². The maximum atomic E-state index is 13.4. The van der Waals surface area contributed by atoms with Crippen LogP contribution in [0.3, 0.4) is 0 Å². The number of rotatable bonds is 8. The molecule has 1 N–H and O–H groups in total. The van der Waals surface area contributed by atoms with Gasteiger partial charge in [-0.1, -0.05) is 18.2 Å². The molecule has 7 heteroatoms. The third kappa shape index (κ3) is 5.34. The smallest absolute Gasteiger partial charge is 0.307 e. The summed E-state index contributed by atoms with van der Waals surface area (Å²) >= 11 is 1.44. The lowest BCUT2D eigenvalue weighted by atomic mass is 10.1. The molecule has 1 aromatic heterocycles. The molecule has 24 heavy (non-hydrogen) atoms. The normalized spacial score (nSPS) is 11.6. The lowest BCUT2D eigenvalue weighted by Crippen LogP contribution is -2.30. The third-order valence-electron chi connectivity index (χ3n) is 3.24. The molecule has 0 radical (unpaired) electrons. The number of thiophene rings is 1. The van der Waals surface area contributed by atoms with Crippen LogP contribution in [0.4, 0.5) is 4.39 Å². The van der Waals surface area contributed by atoms with Crippen LogP contribution in [0.5, 0.6) is 5.75 Å². The largest absolute Gasteiger partial charge is 0.490 e. The minimum atomic E-state index is -0.472. The second kappa shape index (κ2) is 9.02. The Labute approximate surface area is 143 Å². The molecule has 1 heterocycles. The van der Waals surface area contributed by atoms with Crippen molar-refractivity contribution in [1.82, 2.24) is 5.32 Å². The van der Waals surface area contributed by atoms with Gasteiger partial charge in [0, 0.05) is 4.88 Å². The molecule has 0 saturated carbocycles. The number of benzene rings is 1. The van der Waals surface area contributed by atoms with Gasteiger partial charge in [-0.25, -0.2) is 4.39 Å². The van der Waals surface area contributed by atoms with Gasteiger partial charge in [-0.3, -0.25) is 9.59 Å². The van der Waals surface area contributed by atoms with E-state index in [1.54, 1.807) is 12.1 Å². The van der Waals surface area contributed by atoms with E-state index in [4.69, 9.17) is 4.74 Å². The molecule has 0 fully saturated rings. The van der Waals surface area contributed by atoms with Crippen LogP contribution in [0, 0.1) is 5.82 Å². The topological polar surface area (TPSA) is 64.6 Å². The summed E-state index contributed by atoms with van der Waals surface area (Å²) in [7, 11) is 1.30. The van der Waals surface area contributed by atoms with E-state index >= 15 is 0 Å². The summed E-state index contributed by atoms with van der Waals surface area (Å²) in [4.78, 5) is 24.4. The van der Waals surface area contributed by atoms with Crippen LogP contribution in [-0.2, 0) is 14.3 Å². The summed E-state index contributed by atoms with van der Waals surface area (Å²) < 4.78 is 23.3. The zero-order valence-corrected chi connectivity index (χ0v) is 14.0. The van der Waals surface area contributed by atoms with Crippen LogP contribution in [0.1, 0.15) is 23.8 Å². The molecule has 0 saturated heterocycles. The Hall–Kier alpha value is -2.41. The summed E-state index contributed by atoms with van der Waals surface area (Å²) in [6.07, 6.45) is 0.105. The maximum absolute atomic E-state index is 13.4. The number of ether oxygens (including phenoxy) is 2. The number of esters is 1. The predicted octanol–water partition coefficient (Wildman–Crippen LogP) is 3.08. The molecule has 2 aromatic rings. The highest BCUT2D eigenvalue weighted by Crippen LogP contribution is 2.22. The summed E-state index contributed by atoms with van der Waals surface area (Å²) in [5.74, 6) is -1.06. The number of hydrogen-bond acceptors (Lipinski definition) is 5. The van der Waals surface area contributed by atoms with Crippen LogP contribution in [0.15, 0.2) is 41.8 Å². The van der Waals surface area contributed by atoms with Crippen LogP contribution < -0.4 is 10.1 Å². The first-order chi connectivity index (χ1) is 11.6. The number of para-hydroxylation sites is 1. The lowest BCUT2D eigenvalue weighted by Gasteiger charge is -2.16. The second-order valence-electron chi connectivity index (χ2n) is 4.94. The molecular weight excluding hydrogens is 333 g/mol. The van der Waals surface area contributed by atoms with Crippen molar-refractivity contribution in [2.75, 3.05) is 13.7 Å². The number of carbonyl (C=O) groups excluding carboxylic acids is 2. The number of carbonyl (C=O) groups is 2. The van der Waals surface area contributed by atoms with Crippen LogP contribution in [0.25, 0.3) is 0 Å². The van der Waals surface area contributed by atoms with Gasteiger partial charge in [0.25, 0.3) is 0 Å². The quantitative estimate of drug-likeness (QED) is 0.743. The number of hydrogen-bond donors (Lipinski definition) is 1. The first kappa shape index (κ1) is 17.9. The van der Waals surface area contributed by atoms with Gasteiger partial charge in [-0.05, 0) is 23.6 Å². The second-order valence-corrected chi connectivity index (χ2v) is 5.92. The zero-order valence-electron chi connectivity index (χ0n) is 13.2. The van der Waals surface area contributed by atoms with Crippen molar-refractivity contribution >= 4 is 23.2 Å². The molecule has 5 nitrogen and oxygen atoms in total. The zero-order chi connectivity index (χ0) is 17.4. The Kier molecular flexibility index (Phi) is 6.74. The lowest BCUT2D eigenvalue weighted by molar-refractivity contribution is -0.141. The molecular formula is C17H18FNO4S. The number of halogens is 1. The van der Waals surface area contributed by atoms with E-state index in [2.05, 4.69) is 10.1 Å². The Morgan fingerprint density at radius 1 is 1.25 bits per heavy atom. The molecule has 0 spiro atoms. The summed E-state index contributed by atoms with van der Waals surface area (Å²) in [5.41, 5.74) is 0. The Morgan fingerprint density at radius 3 is 2.71 bits per heavy atom. The fourth-order valence-corrected chi connectivity index (χ4v) is 2.82. The SMILES string of the molecule is COC(=O)CC(NC(=O)CCOc1ccccc1F)c1cccs1. The Morgan fingerprint density at radius 2 is 2.04 bits per heavy atom. The van der Waals surface area contributed by atoms with Crippen molar-refractivity contribution in [2.24, 2.45) is 0 Å². The van der Waals surface area contributed by atoms with Crippen LogP contribution in [0.2, 0.25) is 0 Å². The summed E-state index contributed by atoms with van der Waals surface area (Å²) in [5, 5.41) is 4.65. The van der Waals surface area contributed by atoms with Gasteiger partial charge >= 0.3 is 5.97 Å². The molecule has 1 unspecified atom stereocenters. The van der Waals surface area contributed by atoms with E-state index in [-0.39, 0.29) is 31.1 Å². The minimum Gasteiger partial charge on any atom is -0.490 e. The van der Waals surface area contributed by atoms with Gasteiger partial charge in [-0.2, -0.15) is 0 Å². The number of amides is 1. The molecule has 1 aromatic carbocycles. The van der Waals surface area contributed by atoms with Gasteiger partial charge in [0.2, 0.25) is 5.91 Å². The van der Waals surface area contributed by atoms with Gasteiger partial charge in [0.15, 0.2) is 11.6 Å². The molecule has 128 valence electrons. The molecule has 0 aliphatic rings. The summed E-state index contributed by atoms with van der Waals surface area (Å²) in [6, 6.07) is 9.25. The average molecular weight is 351 g/mol. The first-order valence-corrected chi connectivity index (χ1v) is 8.25. The van der Waals surface area contributed by atoms with E-state index < -0.39 is 17.8 Å². The van der Waals surface area contributed by atoms with Crippen molar-refractivity contribution in [1.29, 1.82) is 0 Å². The Bertz CT molecular complexity index is 675. The molecule has 2 rings (SSSR count). The fourth-order valence-electron chi connectivity index (χ4n) is 2.04. The highest BCUT2D eigenvalue weighted by Gasteiger charge is 2.19. The molecule has 1 amide bonds. The van der Waals surface area contributed by atoms with Crippen molar-refractivity contribution in [2.45, 2.75) is 18.9 Å². The van der Waals surface area contributed by atoms with Gasteiger partial charge in [0.05, 0.1) is 32.6 Å². The Balaban J connectivity index is 1.86. The highest BCUT2D eigenvalue weighted by atomic mass is 32.1. The highest BCUT2D eigenvalue weighted by molar-refractivity contribution is 7.10. The van der Waals surface area contributed by atoms with Crippen LogP contribution in [-0.4, -0.2) is 25.6 Å². The third-order valence-corrected chi connectivity index (χ3v) is 4.23. The van der Waals surface area contributed by atoms with Gasteiger partial charge in [-0.15, -0.1) is 11.3 Å². The molecule has 0 aliphatic carbocycles. The monoisotopic (exact) mass is 351 g/mol. The van der Waals surface area contributed by atoms with Crippen LogP contribution >= 0.6 is 11.3 Å². The fraction of sp³-hybridized carbons (Fsp3) is 0.294.